The fourth-order valence-electron chi connectivity index (χ4n) is 3.86. The zero-order valence-electron chi connectivity index (χ0n) is 21.2. The second-order valence-electron chi connectivity index (χ2n) is 8.82. The number of rotatable bonds is 16. The summed E-state index contributed by atoms with van der Waals surface area (Å²) >= 11 is 0. The molecule has 1 fully saturated rings. The standard InChI is InChI=1S/C21H39N11O6/c22-11(4-1-7-28-20(24)25)16(34)31-13(10-15(23)33)18(36)32-9-3-6-14(32)17(35)30-12(19(37)38)5-2-8-29-21(26)27/h11-14H,1-10,22H2,(H2,23,33)(H,30,35)(H,31,34)(H,37,38)(H4,24,25,28)(H4,26,27,29). The first kappa shape index (κ1) is 31.9. The number of primary amides is 1. The Hall–Kier alpha value is -4.15. The highest BCUT2D eigenvalue weighted by molar-refractivity contribution is 5.96. The molecule has 1 rings (SSSR count). The van der Waals surface area contributed by atoms with Gasteiger partial charge >= 0.3 is 5.97 Å². The van der Waals surface area contributed by atoms with Gasteiger partial charge < -0.3 is 55.0 Å². The van der Waals surface area contributed by atoms with Gasteiger partial charge in [0.15, 0.2) is 11.9 Å². The van der Waals surface area contributed by atoms with Crippen molar-refractivity contribution in [2.45, 2.75) is 69.1 Å². The van der Waals surface area contributed by atoms with Gasteiger partial charge in [-0.05, 0) is 38.5 Å². The highest BCUT2D eigenvalue weighted by Crippen LogP contribution is 2.20. The van der Waals surface area contributed by atoms with Crippen LogP contribution in [-0.2, 0) is 24.0 Å². The Morgan fingerprint density at radius 2 is 1.47 bits per heavy atom. The first-order valence-corrected chi connectivity index (χ1v) is 12.1. The van der Waals surface area contributed by atoms with E-state index < -0.39 is 60.2 Å². The number of guanidine groups is 2. The van der Waals surface area contributed by atoms with Gasteiger partial charge in [-0.15, -0.1) is 0 Å². The van der Waals surface area contributed by atoms with Crippen molar-refractivity contribution >= 4 is 41.5 Å². The highest BCUT2D eigenvalue weighted by atomic mass is 16.4. The lowest BCUT2D eigenvalue weighted by Gasteiger charge is -2.29. The minimum Gasteiger partial charge on any atom is -0.480 e. The van der Waals surface area contributed by atoms with Crippen LogP contribution < -0.4 is 45.0 Å². The second-order valence-corrected chi connectivity index (χ2v) is 8.82. The van der Waals surface area contributed by atoms with Crippen molar-refractivity contribution in [2.24, 2.45) is 44.4 Å². The first-order valence-electron chi connectivity index (χ1n) is 12.1. The molecule has 0 aromatic heterocycles. The van der Waals surface area contributed by atoms with Crippen molar-refractivity contribution in [3.63, 3.8) is 0 Å². The molecular formula is C21H39N11O6. The van der Waals surface area contributed by atoms with E-state index in [1.807, 2.05) is 0 Å². The van der Waals surface area contributed by atoms with E-state index in [2.05, 4.69) is 20.6 Å². The lowest BCUT2D eigenvalue weighted by atomic mass is 10.1. The summed E-state index contributed by atoms with van der Waals surface area (Å²) < 4.78 is 0. The monoisotopic (exact) mass is 541 g/mol. The number of hydrogen-bond acceptors (Lipinski definition) is 8. The zero-order valence-corrected chi connectivity index (χ0v) is 21.2. The number of aliphatic imine (C=N–C) groups is 2. The van der Waals surface area contributed by atoms with E-state index in [9.17, 15) is 29.1 Å². The number of amides is 4. The lowest BCUT2D eigenvalue weighted by molar-refractivity contribution is -0.145. The van der Waals surface area contributed by atoms with Crippen molar-refractivity contribution in [3.8, 4) is 0 Å². The Labute approximate surface area is 219 Å². The van der Waals surface area contributed by atoms with Crippen molar-refractivity contribution in [2.75, 3.05) is 19.6 Å². The Morgan fingerprint density at radius 3 is 2.00 bits per heavy atom. The molecule has 1 aliphatic rings. The molecule has 0 aromatic carbocycles. The maximum atomic E-state index is 13.3. The van der Waals surface area contributed by atoms with Crippen molar-refractivity contribution < 1.29 is 29.1 Å². The molecule has 17 nitrogen and oxygen atoms in total. The summed E-state index contributed by atoms with van der Waals surface area (Å²) in [4.78, 5) is 70.8. The van der Waals surface area contributed by atoms with Crippen LogP contribution in [0.25, 0.3) is 0 Å². The molecule has 0 spiro atoms. The minimum absolute atomic E-state index is 0.0555. The summed E-state index contributed by atoms with van der Waals surface area (Å²) in [5.41, 5.74) is 32.1. The Balaban J connectivity index is 2.85. The summed E-state index contributed by atoms with van der Waals surface area (Å²) in [7, 11) is 0. The van der Waals surface area contributed by atoms with Crippen molar-refractivity contribution in [1.82, 2.24) is 15.5 Å². The number of carboxylic acids is 1. The van der Waals surface area contributed by atoms with Crippen LogP contribution in [0, 0.1) is 0 Å². The summed E-state index contributed by atoms with van der Waals surface area (Å²) in [5, 5.41) is 14.4. The summed E-state index contributed by atoms with van der Waals surface area (Å²) in [6.45, 7) is 0.596. The van der Waals surface area contributed by atoms with Crippen LogP contribution in [0.5, 0.6) is 0 Å². The molecule has 4 unspecified atom stereocenters. The van der Waals surface area contributed by atoms with E-state index in [0.29, 0.717) is 19.3 Å². The average Bonchev–Trinajstić information content (AvgIpc) is 3.31. The minimum atomic E-state index is -1.35. The van der Waals surface area contributed by atoms with Crippen LogP contribution in [-0.4, -0.2) is 95.3 Å². The number of carboxylic acid groups (broad SMARTS) is 1. The predicted molar refractivity (Wildman–Crippen MR) is 138 cm³/mol. The number of carbonyl (C=O) groups is 5. The zero-order chi connectivity index (χ0) is 28.8. The van der Waals surface area contributed by atoms with Gasteiger partial charge in [-0.2, -0.15) is 0 Å². The Bertz CT molecular complexity index is 917. The van der Waals surface area contributed by atoms with Crippen LogP contribution in [0.3, 0.4) is 0 Å². The van der Waals surface area contributed by atoms with E-state index in [-0.39, 0.29) is 50.8 Å². The molecule has 4 amide bonds. The van der Waals surface area contributed by atoms with Gasteiger partial charge in [0.25, 0.3) is 0 Å². The molecule has 1 heterocycles. The van der Waals surface area contributed by atoms with Gasteiger partial charge in [0.2, 0.25) is 23.6 Å². The van der Waals surface area contributed by atoms with Crippen LogP contribution in [0.1, 0.15) is 44.9 Å². The molecule has 214 valence electrons. The van der Waals surface area contributed by atoms with Gasteiger partial charge in [-0.1, -0.05) is 0 Å². The largest absolute Gasteiger partial charge is 0.480 e. The van der Waals surface area contributed by atoms with E-state index in [0.717, 1.165) is 0 Å². The summed E-state index contributed by atoms with van der Waals surface area (Å²) in [5.74, 6) is -4.41. The molecule has 38 heavy (non-hydrogen) atoms. The van der Waals surface area contributed by atoms with E-state index >= 15 is 0 Å². The number of carbonyl (C=O) groups excluding carboxylic acids is 4. The third kappa shape index (κ3) is 11.3. The number of likely N-dealkylation sites (tertiary alicyclic amines) is 1. The molecule has 17 heteroatoms. The molecule has 1 aliphatic heterocycles. The Morgan fingerprint density at radius 1 is 0.895 bits per heavy atom. The fraction of sp³-hybridized carbons (Fsp3) is 0.667. The molecular weight excluding hydrogens is 502 g/mol. The number of nitrogens with zero attached hydrogens (tertiary/aromatic N) is 3. The number of nitrogens with one attached hydrogen (secondary N) is 2. The van der Waals surface area contributed by atoms with Crippen LogP contribution in [0.4, 0.5) is 0 Å². The van der Waals surface area contributed by atoms with Gasteiger partial charge in [0.1, 0.15) is 18.1 Å². The third-order valence-corrected chi connectivity index (χ3v) is 5.72. The summed E-state index contributed by atoms with van der Waals surface area (Å²) in [6.07, 6.45) is 1.15. The third-order valence-electron chi connectivity index (χ3n) is 5.72. The second kappa shape index (κ2) is 15.9. The van der Waals surface area contributed by atoms with Crippen LogP contribution >= 0.6 is 0 Å². The molecule has 0 aliphatic carbocycles. The normalized spacial score (nSPS) is 17.0. The van der Waals surface area contributed by atoms with Gasteiger partial charge in [0.05, 0.1) is 12.5 Å². The molecule has 0 aromatic rings. The molecule has 4 atom stereocenters. The number of hydrogen-bond donors (Lipinski definition) is 9. The molecule has 0 saturated carbocycles. The van der Waals surface area contributed by atoms with Gasteiger partial charge in [-0.25, -0.2) is 4.79 Å². The smallest absolute Gasteiger partial charge is 0.326 e. The SMILES string of the molecule is NC(=O)CC(NC(=O)C(N)CCCN=C(N)N)C(=O)N1CCCC1C(=O)NC(CCCN=C(N)N)C(=O)O. The average molecular weight is 542 g/mol. The molecule has 0 radical (unpaired) electrons. The van der Waals surface area contributed by atoms with Crippen molar-refractivity contribution in [3.05, 3.63) is 0 Å². The van der Waals surface area contributed by atoms with Crippen LogP contribution in [0.15, 0.2) is 9.98 Å². The van der Waals surface area contributed by atoms with Crippen LogP contribution in [0.2, 0.25) is 0 Å². The maximum Gasteiger partial charge on any atom is 0.326 e. The lowest BCUT2D eigenvalue weighted by Crippen LogP contribution is -2.57. The topological polar surface area (TPSA) is 314 Å². The first-order chi connectivity index (χ1) is 17.8. The molecule has 0 bridgehead atoms. The predicted octanol–water partition coefficient (Wildman–Crippen LogP) is -4.66. The molecule has 15 N–H and O–H groups in total. The maximum absolute atomic E-state index is 13.3. The quantitative estimate of drug-likeness (QED) is 0.0508. The highest BCUT2D eigenvalue weighted by Gasteiger charge is 2.39. The van der Waals surface area contributed by atoms with E-state index in [1.165, 1.54) is 4.90 Å². The van der Waals surface area contributed by atoms with Gasteiger partial charge in [-0.3, -0.25) is 29.2 Å². The van der Waals surface area contributed by atoms with E-state index in [1.54, 1.807) is 0 Å². The number of nitrogens with two attached hydrogens (primary N) is 6. The Kier molecular flexibility index (Phi) is 13.3. The number of aliphatic carboxylic acids is 1. The van der Waals surface area contributed by atoms with E-state index in [4.69, 9.17) is 34.4 Å². The van der Waals surface area contributed by atoms with Gasteiger partial charge in [0, 0.05) is 19.6 Å². The summed E-state index contributed by atoms with van der Waals surface area (Å²) in [6, 6.07) is -4.60. The molecule has 1 saturated heterocycles. The van der Waals surface area contributed by atoms with Crippen molar-refractivity contribution in [1.29, 1.82) is 0 Å². The fourth-order valence-corrected chi connectivity index (χ4v) is 3.86.